The topological polar surface area (TPSA) is 68.4 Å². The number of hydrogen-bond donors (Lipinski definition) is 2. The van der Waals surface area contributed by atoms with Crippen LogP contribution >= 0.6 is 11.6 Å². The van der Waals surface area contributed by atoms with Crippen LogP contribution in [0.3, 0.4) is 0 Å². The van der Waals surface area contributed by atoms with Crippen LogP contribution in [-0.2, 0) is 11.3 Å². The van der Waals surface area contributed by atoms with Crippen molar-refractivity contribution in [2.75, 3.05) is 20.6 Å². The van der Waals surface area contributed by atoms with E-state index in [1.807, 2.05) is 19.9 Å². The first-order valence-corrected chi connectivity index (χ1v) is 13.5. The van der Waals surface area contributed by atoms with Crippen LogP contribution in [0.25, 0.3) is 0 Å². The lowest BCUT2D eigenvalue weighted by atomic mass is 9.86. The predicted molar refractivity (Wildman–Crippen MR) is 143 cm³/mol. The molecule has 2 rings (SSSR count). The van der Waals surface area contributed by atoms with Gasteiger partial charge in [-0.15, -0.1) is 11.6 Å². The van der Waals surface area contributed by atoms with E-state index in [1.54, 1.807) is 0 Å². The molecule has 2 N–H and O–H groups in total. The normalized spacial score (nSPS) is 20.7. The van der Waals surface area contributed by atoms with Crippen LogP contribution < -0.4 is 10.9 Å². The molecule has 2 atom stereocenters. The molecular formula is C27H47ClN4O2. The van der Waals surface area contributed by atoms with E-state index in [1.165, 1.54) is 25.7 Å². The lowest BCUT2D eigenvalue weighted by Crippen LogP contribution is -2.49. The molecule has 6 nitrogen and oxygen atoms in total. The van der Waals surface area contributed by atoms with Crippen LogP contribution in [0.2, 0.25) is 0 Å². The van der Waals surface area contributed by atoms with Gasteiger partial charge >= 0.3 is 0 Å². The number of halogens is 1. The molecule has 1 fully saturated rings. The van der Waals surface area contributed by atoms with Gasteiger partial charge in [0.1, 0.15) is 0 Å². The standard InChI is InChI=1S/C27H47ClN4O2/c1-8-32(23-12-10-22(11-13-23)31(6)7)25(18(2)3)16-21(28)9-14-26(33)29-17-24-19(4)15-20(5)30-27(24)34/h15,18,21-23,25H,8-14,16-17H2,1-7H3,(H,29,33)(H,30,34). The second kappa shape index (κ2) is 13.6. The van der Waals surface area contributed by atoms with E-state index < -0.39 is 0 Å². The van der Waals surface area contributed by atoms with Gasteiger partial charge in [0.2, 0.25) is 5.91 Å². The molecule has 1 aliphatic carbocycles. The summed E-state index contributed by atoms with van der Waals surface area (Å²) in [5, 5.41) is 2.85. The minimum atomic E-state index is -0.132. The van der Waals surface area contributed by atoms with Gasteiger partial charge in [-0.1, -0.05) is 20.8 Å². The zero-order valence-electron chi connectivity index (χ0n) is 22.4. The van der Waals surface area contributed by atoms with Gasteiger partial charge in [-0.25, -0.2) is 0 Å². The average molecular weight is 495 g/mol. The molecule has 1 aromatic rings. The molecule has 0 aromatic carbocycles. The number of carbonyl (C=O) groups excluding carboxylic acids is 1. The number of amides is 1. The fourth-order valence-electron chi connectivity index (χ4n) is 5.50. The highest BCUT2D eigenvalue weighted by molar-refractivity contribution is 6.20. The minimum Gasteiger partial charge on any atom is -0.352 e. The fourth-order valence-corrected chi connectivity index (χ4v) is 5.80. The first-order valence-electron chi connectivity index (χ1n) is 13.1. The summed E-state index contributed by atoms with van der Waals surface area (Å²) in [6.07, 6.45) is 6.91. The van der Waals surface area contributed by atoms with Crippen molar-refractivity contribution in [3.63, 3.8) is 0 Å². The molecule has 1 aromatic heterocycles. The summed E-state index contributed by atoms with van der Waals surface area (Å²) in [4.78, 5) is 32.5. The van der Waals surface area contributed by atoms with Gasteiger partial charge in [0, 0.05) is 47.7 Å². The van der Waals surface area contributed by atoms with E-state index in [4.69, 9.17) is 11.6 Å². The monoisotopic (exact) mass is 494 g/mol. The van der Waals surface area contributed by atoms with Gasteiger partial charge in [0.15, 0.2) is 0 Å². The molecule has 194 valence electrons. The number of H-pyrrole nitrogens is 1. The highest BCUT2D eigenvalue weighted by atomic mass is 35.5. The minimum absolute atomic E-state index is 0.0465. The first-order chi connectivity index (χ1) is 16.0. The Morgan fingerprint density at radius 1 is 1.18 bits per heavy atom. The number of nitrogens with one attached hydrogen (secondary N) is 2. The molecule has 0 aliphatic heterocycles. The molecule has 0 spiro atoms. The van der Waals surface area contributed by atoms with Crippen molar-refractivity contribution in [2.45, 2.75) is 110 Å². The number of hydrogen-bond acceptors (Lipinski definition) is 4. The van der Waals surface area contributed by atoms with Gasteiger partial charge in [0.25, 0.3) is 5.56 Å². The number of aromatic nitrogens is 1. The number of rotatable bonds is 12. The molecule has 1 heterocycles. The summed E-state index contributed by atoms with van der Waals surface area (Å²) in [7, 11) is 4.38. The quantitative estimate of drug-likeness (QED) is 0.416. The summed E-state index contributed by atoms with van der Waals surface area (Å²) in [6, 6.07) is 3.67. The van der Waals surface area contributed by atoms with Crippen LogP contribution in [0.1, 0.15) is 82.5 Å². The third-order valence-electron chi connectivity index (χ3n) is 7.56. The zero-order valence-corrected chi connectivity index (χ0v) is 23.2. The maximum absolute atomic E-state index is 12.5. The Bertz CT molecular complexity index is 830. The van der Waals surface area contributed by atoms with Crippen molar-refractivity contribution in [3.05, 3.63) is 33.2 Å². The van der Waals surface area contributed by atoms with E-state index >= 15 is 0 Å². The van der Waals surface area contributed by atoms with Gasteiger partial charge in [-0.3, -0.25) is 14.5 Å². The van der Waals surface area contributed by atoms with E-state index in [9.17, 15) is 9.59 Å². The van der Waals surface area contributed by atoms with Crippen molar-refractivity contribution < 1.29 is 4.79 Å². The van der Waals surface area contributed by atoms with Gasteiger partial charge in [-0.2, -0.15) is 0 Å². The van der Waals surface area contributed by atoms with Gasteiger partial charge < -0.3 is 15.2 Å². The zero-order chi connectivity index (χ0) is 25.4. The Morgan fingerprint density at radius 3 is 2.32 bits per heavy atom. The summed E-state index contributed by atoms with van der Waals surface area (Å²) in [5.74, 6) is 0.457. The number of pyridine rings is 1. The van der Waals surface area contributed by atoms with E-state index in [2.05, 4.69) is 55.0 Å². The Balaban J connectivity index is 1.86. The average Bonchev–Trinajstić information content (AvgIpc) is 2.77. The maximum Gasteiger partial charge on any atom is 0.253 e. The van der Waals surface area contributed by atoms with E-state index in [0.29, 0.717) is 42.4 Å². The van der Waals surface area contributed by atoms with Crippen LogP contribution in [0.15, 0.2) is 10.9 Å². The van der Waals surface area contributed by atoms with Gasteiger partial charge in [-0.05, 0) is 90.6 Å². The molecule has 0 radical (unpaired) electrons. The number of aromatic amines is 1. The van der Waals surface area contributed by atoms with Crippen LogP contribution in [0.5, 0.6) is 0 Å². The molecule has 34 heavy (non-hydrogen) atoms. The second-order valence-electron chi connectivity index (χ2n) is 10.7. The summed E-state index contributed by atoms with van der Waals surface area (Å²) in [6.45, 7) is 11.9. The predicted octanol–water partition coefficient (Wildman–Crippen LogP) is 4.60. The van der Waals surface area contributed by atoms with Crippen LogP contribution in [0.4, 0.5) is 0 Å². The van der Waals surface area contributed by atoms with Crippen LogP contribution in [0, 0.1) is 19.8 Å². The molecule has 0 saturated heterocycles. The highest BCUT2D eigenvalue weighted by Crippen LogP contribution is 2.31. The molecule has 1 aliphatic rings. The van der Waals surface area contributed by atoms with Crippen molar-refractivity contribution in [3.8, 4) is 0 Å². The molecule has 1 saturated carbocycles. The Hall–Kier alpha value is -1.37. The Morgan fingerprint density at radius 2 is 1.79 bits per heavy atom. The van der Waals surface area contributed by atoms with E-state index in [0.717, 1.165) is 24.2 Å². The number of carbonyl (C=O) groups is 1. The molecule has 7 heteroatoms. The van der Waals surface area contributed by atoms with Crippen molar-refractivity contribution in [1.82, 2.24) is 20.1 Å². The Kier molecular flexibility index (Phi) is 11.6. The third-order valence-corrected chi connectivity index (χ3v) is 7.96. The van der Waals surface area contributed by atoms with E-state index in [-0.39, 0.29) is 23.4 Å². The second-order valence-corrected chi connectivity index (χ2v) is 11.3. The fraction of sp³-hybridized carbons (Fsp3) is 0.778. The first kappa shape index (κ1) is 28.9. The molecule has 1 amide bonds. The Labute approximate surface area is 211 Å². The van der Waals surface area contributed by atoms with Crippen LogP contribution in [-0.4, -0.2) is 64.8 Å². The lowest BCUT2D eigenvalue weighted by molar-refractivity contribution is -0.121. The van der Waals surface area contributed by atoms with Crippen molar-refractivity contribution >= 4 is 17.5 Å². The molecular weight excluding hydrogens is 448 g/mol. The van der Waals surface area contributed by atoms with Crippen molar-refractivity contribution in [1.29, 1.82) is 0 Å². The third kappa shape index (κ3) is 8.39. The highest BCUT2D eigenvalue weighted by Gasteiger charge is 2.32. The summed E-state index contributed by atoms with van der Waals surface area (Å²) in [5.41, 5.74) is 2.21. The smallest absolute Gasteiger partial charge is 0.253 e. The maximum atomic E-state index is 12.5. The number of nitrogens with zero attached hydrogens (tertiary/aromatic N) is 2. The summed E-state index contributed by atoms with van der Waals surface area (Å²) >= 11 is 6.79. The molecule has 2 unspecified atom stereocenters. The number of alkyl halides is 1. The number of aryl methyl sites for hydroxylation is 2. The molecule has 0 bridgehead atoms. The van der Waals surface area contributed by atoms with Crippen molar-refractivity contribution in [2.24, 2.45) is 5.92 Å². The lowest BCUT2D eigenvalue weighted by Gasteiger charge is -2.44. The summed E-state index contributed by atoms with van der Waals surface area (Å²) < 4.78 is 0. The van der Waals surface area contributed by atoms with Gasteiger partial charge in [0.05, 0.1) is 0 Å². The SMILES string of the molecule is CCN(C1CCC(N(C)C)CC1)C(CC(Cl)CCC(=O)NCc1c(C)cc(C)[nH]c1=O)C(C)C. The largest absolute Gasteiger partial charge is 0.352 e.